The van der Waals surface area contributed by atoms with Crippen LogP contribution in [0.15, 0.2) is 22.7 Å². The molecule has 1 unspecified atom stereocenters. The van der Waals surface area contributed by atoms with Crippen LogP contribution < -0.4 is 0 Å². The van der Waals surface area contributed by atoms with E-state index in [1.165, 1.54) is 11.1 Å². The lowest BCUT2D eigenvalue weighted by molar-refractivity contribution is -0.109. The molecular formula is C13H15BrO. The molecule has 0 bridgehead atoms. The Bertz CT molecular complexity index is 396. The highest BCUT2D eigenvalue weighted by molar-refractivity contribution is 9.10. The summed E-state index contributed by atoms with van der Waals surface area (Å²) in [5.74, 6) is 0.0884. The van der Waals surface area contributed by atoms with Crippen LogP contribution >= 0.6 is 15.9 Å². The molecule has 1 aliphatic rings. The van der Waals surface area contributed by atoms with E-state index < -0.39 is 0 Å². The summed E-state index contributed by atoms with van der Waals surface area (Å²) in [5.41, 5.74) is 2.74. The van der Waals surface area contributed by atoms with Crippen LogP contribution in [0.25, 0.3) is 0 Å². The number of fused-ring (bicyclic) bond motifs is 1. The predicted molar refractivity (Wildman–Crippen MR) is 65.2 cm³/mol. The van der Waals surface area contributed by atoms with Gasteiger partial charge in [-0.05, 0) is 41.5 Å². The van der Waals surface area contributed by atoms with Crippen LogP contribution in [0.5, 0.6) is 0 Å². The van der Waals surface area contributed by atoms with Crippen molar-refractivity contribution in [2.75, 3.05) is 0 Å². The van der Waals surface area contributed by atoms with Crippen molar-refractivity contribution >= 4 is 22.2 Å². The van der Waals surface area contributed by atoms with Crippen LogP contribution in [0.3, 0.4) is 0 Å². The molecule has 2 heteroatoms. The summed E-state index contributed by atoms with van der Waals surface area (Å²) in [4.78, 5) is 11.0. The maximum atomic E-state index is 11.0. The van der Waals surface area contributed by atoms with Gasteiger partial charge in [-0.15, -0.1) is 0 Å². The fourth-order valence-electron chi connectivity index (χ4n) is 2.40. The van der Waals surface area contributed by atoms with Gasteiger partial charge in [0.1, 0.15) is 6.29 Å². The van der Waals surface area contributed by atoms with Gasteiger partial charge in [-0.2, -0.15) is 0 Å². The summed E-state index contributed by atoms with van der Waals surface area (Å²) < 4.78 is 1.06. The molecule has 2 rings (SSSR count). The standard InChI is InChI=1S/C13H15BrO/c1-13(2)6-5-9(8-15)11-7-10(14)3-4-12(11)13/h3-4,7-9H,5-6H2,1-2H3. The summed E-state index contributed by atoms with van der Waals surface area (Å²) >= 11 is 3.47. The van der Waals surface area contributed by atoms with Gasteiger partial charge in [-0.1, -0.05) is 35.8 Å². The highest BCUT2D eigenvalue weighted by Gasteiger charge is 2.32. The highest BCUT2D eigenvalue weighted by atomic mass is 79.9. The van der Waals surface area contributed by atoms with Crippen LogP contribution in [-0.2, 0) is 10.2 Å². The van der Waals surface area contributed by atoms with E-state index >= 15 is 0 Å². The van der Waals surface area contributed by atoms with Crippen LogP contribution in [0.4, 0.5) is 0 Å². The number of rotatable bonds is 1. The van der Waals surface area contributed by atoms with E-state index in [-0.39, 0.29) is 11.3 Å². The fourth-order valence-corrected chi connectivity index (χ4v) is 2.78. The third kappa shape index (κ3) is 1.87. The molecule has 1 aliphatic carbocycles. The van der Waals surface area contributed by atoms with Crippen molar-refractivity contribution in [1.29, 1.82) is 0 Å². The first kappa shape index (κ1) is 10.9. The predicted octanol–water partition coefficient (Wildman–Crippen LogP) is 3.80. The molecular weight excluding hydrogens is 252 g/mol. The smallest absolute Gasteiger partial charge is 0.127 e. The average molecular weight is 267 g/mol. The molecule has 1 aromatic rings. The molecule has 0 aromatic heterocycles. The number of hydrogen-bond donors (Lipinski definition) is 0. The Morgan fingerprint density at radius 2 is 2.20 bits per heavy atom. The summed E-state index contributed by atoms with van der Waals surface area (Å²) in [6.45, 7) is 4.50. The largest absolute Gasteiger partial charge is 0.303 e. The zero-order chi connectivity index (χ0) is 11.1. The molecule has 0 radical (unpaired) electrons. The van der Waals surface area contributed by atoms with Crippen molar-refractivity contribution in [2.45, 2.75) is 38.0 Å². The number of aldehydes is 1. The molecule has 0 N–H and O–H groups in total. The minimum absolute atomic E-state index is 0.0884. The van der Waals surface area contributed by atoms with E-state index in [1.54, 1.807) is 0 Å². The second-order valence-electron chi connectivity index (χ2n) is 4.90. The van der Waals surface area contributed by atoms with Crippen molar-refractivity contribution in [3.63, 3.8) is 0 Å². The van der Waals surface area contributed by atoms with Gasteiger partial charge in [0.15, 0.2) is 0 Å². The van der Waals surface area contributed by atoms with Gasteiger partial charge in [0.25, 0.3) is 0 Å². The molecule has 1 atom stereocenters. The van der Waals surface area contributed by atoms with Crippen molar-refractivity contribution in [2.24, 2.45) is 0 Å². The molecule has 1 nitrogen and oxygen atoms in total. The summed E-state index contributed by atoms with van der Waals surface area (Å²) in [6, 6.07) is 6.30. The highest BCUT2D eigenvalue weighted by Crippen LogP contribution is 2.42. The van der Waals surface area contributed by atoms with Crippen molar-refractivity contribution in [1.82, 2.24) is 0 Å². The summed E-state index contributed by atoms with van der Waals surface area (Å²) in [6.07, 6.45) is 3.14. The lowest BCUT2D eigenvalue weighted by atomic mass is 9.69. The topological polar surface area (TPSA) is 17.1 Å². The maximum absolute atomic E-state index is 11.0. The fraction of sp³-hybridized carbons (Fsp3) is 0.462. The van der Waals surface area contributed by atoms with Gasteiger partial charge in [0.05, 0.1) is 0 Å². The number of benzene rings is 1. The molecule has 0 saturated heterocycles. The minimum Gasteiger partial charge on any atom is -0.303 e. The van der Waals surface area contributed by atoms with Crippen LogP contribution in [0.1, 0.15) is 43.7 Å². The van der Waals surface area contributed by atoms with E-state index in [4.69, 9.17) is 0 Å². The second-order valence-corrected chi connectivity index (χ2v) is 5.81. The van der Waals surface area contributed by atoms with Gasteiger partial charge in [0.2, 0.25) is 0 Å². The van der Waals surface area contributed by atoms with E-state index in [1.807, 2.05) is 0 Å². The first-order valence-electron chi connectivity index (χ1n) is 5.30. The zero-order valence-electron chi connectivity index (χ0n) is 9.09. The number of carbonyl (C=O) groups excluding carboxylic acids is 1. The number of hydrogen-bond acceptors (Lipinski definition) is 1. The van der Waals surface area contributed by atoms with Gasteiger partial charge < -0.3 is 4.79 Å². The zero-order valence-corrected chi connectivity index (χ0v) is 10.7. The maximum Gasteiger partial charge on any atom is 0.127 e. The SMILES string of the molecule is CC1(C)CCC(C=O)c2cc(Br)ccc21. The second kappa shape index (κ2) is 3.75. The Hall–Kier alpha value is -0.630. The van der Waals surface area contributed by atoms with Gasteiger partial charge in [-0.3, -0.25) is 0 Å². The van der Waals surface area contributed by atoms with Crippen molar-refractivity contribution in [3.05, 3.63) is 33.8 Å². The molecule has 1 aromatic carbocycles. The molecule has 0 amide bonds. The van der Waals surface area contributed by atoms with Crippen LogP contribution in [0.2, 0.25) is 0 Å². The molecule has 0 spiro atoms. The van der Waals surface area contributed by atoms with Gasteiger partial charge in [-0.25, -0.2) is 0 Å². The monoisotopic (exact) mass is 266 g/mol. The van der Waals surface area contributed by atoms with Crippen molar-refractivity contribution < 1.29 is 4.79 Å². The molecule has 80 valence electrons. The van der Waals surface area contributed by atoms with E-state index in [9.17, 15) is 4.79 Å². The summed E-state index contributed by atoms with van der Waals surface area (Å²) in [5, 5.41) is 0. The first-order chi connectivity index (χ1) is 7.04. The van der Waals surface area contributed by atoms with E-state index in [0.29, 0.717) is 0 Å². The minimum atomic E-state index is 0.0884. The van der Waals surface area contributed by atoms with Crippen molar-refractivity contribution in [3.8, 4) is 0 Å². The lowest BCUT2D eigenvalue weighted by Gasteiger charge is -2.35. The third-order valence-corrected chi connectivity index (χ3v) is 3.88. The summed E-state index contributed by atoms with van der Waals surface area (Å²) in [7, 11) is 0. The Balaban J connectivity index is 2.58. The van der Waals surface area contributed by atoms with Gasteiger partial charge in [0, 0.05) is 10.4 Å². The molecule has 15 heavy (non-hydrogen) atoms. The number of halogens is 1. The third-order valence-electron chi connectivity index (χ3n) is 3.39. The number of carbonyl (C=O) groups is 1. The average Bonchev–Trinajstić information content (AvgIpc) is 2.17. The molecule has 0 fully saturated rings. The van der Waals surface area contributed by atoms with E-state index in [0.717, 1.165) is 23.6 Å². The Kier molecular flexibility index (Phi) is 2.72. The Morgan fingerprint density at radius 3 is 2.87 bits per heavy atom. The normalized spacial score (nSPS) is 23.3. The van der Waals surface area contributed by atoms with Crippen LogP contribution in [-0.4, -0.2) is 6.29 Å². The van der Waals surface area contributed by atoms with E-state index in [2.05, 4.69) is 48.0 Å². The first-order valence-corrected chi connectivity index (χ1v) is 6.09. The molecule has 0 aliphatic heterocycles. The lowest BCUT2D eigenvalue weighted by Crippen LogP contribution is -2.26. The molecule has 0 heterocycles. The molecule has 0 saturated carbocycles. The van der Waals surface area contributed by atoms with Gasteiger partial charge >= 0.3 is 0 Å². The quantitative estimate of drug-likeness (QED) is 0.707. The Labute approximate surface area is 99.0 Å². The van der Waals surface area contributed by atoms with Crippen LogP contribution in [0, 0.1) is 0 Å². The Morgan fingerprint density at radius 1 is 1.47 bits per heavy atom.